The molecular weight excluding hydrogens is 440 g/mol. The van der Waals surface area contributed by atoms with E-state index in [1.165, 1.54) is 12.8 Å². The summed E-state index contributed by atoms with van der Waals surface area (Å²) >= 11 is 0. The van der Waals surface area contributed by atoms with Gasteiger partial charge in [0, 0.05) is 12.2 Å². The molecule has 4 unspecified atom stereocenters. The monoisotopic (exact) mass is 484 g/mol. The van der Waals surface area contributed by atoms with Gasteiger partial charge in [-0.25, -0.2) is 0 Å². The fraction of sp³-hybridized carbons (Fsp3) is 0.600. The van der Waals surface area contributed by atoms with Crippen LogP contribution in [0.3, 0.4) is 0 Å². The second-order valence-electron chi connectivity index (χ2n) is 10.3. The fourth-order valence-electron chi connectivity index (χ4n) is 5.01. The van der Waals surface area contributed by atoms with Crippen molar-refractivity contribution in [2.24, 2.45) is 17.8 Å². The fourth-order valence-corrected chi connectivity index (χ4v) is 5.01. The zero-order valence-electron chi connectivity index (χ0n) is 21.7. The number of aliphatic hydroxyl groups is 2. The molecule has 2 aromatic carbocycles. The third kappa shape index (κ3) is 8.91. The molecule has 1 fully saturated rings. The highest BCUT2D eigenvalue weighted by Gasteiger charge is 2.33. The Kier molecular flexibility index (Phi) is 11.5. The Labute approximate surface area is 211 Å². The summed E-state index contributed by atoms with van der Waals surface area (Å²) in [6.07, 6.45) is 6.81. The lowest BCUT2D eigenvalue weighted by molar-refractivity contribution is -0.172. The average molecular weight is 485 g/mol. The predicted molar refractivity (Wildman–Crippen MR) is 140 cm³/mol. The Bertz CT molecular complexity index is 833. The Morgan fingerprint density at radius 2 is 1.49 bits per heavy atom. The van der Waals surface area contributed by atoms with E-state index in [9.17, 15) is 5.11 Å². The maximum Gasteiger partial charge on any atom is 0.181 e. The molecule has 2 N–H and O–H groups in total. The normalized spacial score (nSPS) is 21.3. The summed E-state index contributed by atoms with van der Waals surface area (Å²) in [6.45, 7) is 7.91. The van der Waals surface area contributed by atoms with E-state index in [0.717, 1.165) is 54.5 Å². The van der Waals surface area contributed by atoms with Crippen LogP contribution in [0.25, 0.3) is 11.1 Å². The molecule has 0 bridgehead atoms. The Balaban J connectivity index is 1.46. The van der Waals surface area contributed by atoms with E-state index < -0.39 is 6.29 Å². The van der Waals surface area contributed by atoms with Crippen LogP contribution < -0.4 is 4.74 Å². The molecule has 194 valence electrons. The van der Waals surface area contributed by atoms with E-state index >= 15 is 0 Å². The van der Waals surface area contributed by atoms with Crippen LogP contribution >= 0.6 is 0 Å². The molecule has 0 saturated heterocycles. The van der Waals surface area contributed by atoms with Gasteiger partial charge >= 0.3 is 0 Å². The minimum absolute atomic E-state index is 0.112. The van der Waals surface area contributed by atoms with Crippen LogP contribution in [0.4, 0.5) is 0 Å². The van der Waals surface area contributed by atoms with Gasteiger partial charge in [-0.15, -0.1) is 0 Å². The van der Waals surface area contributed by atoms with Crippen molar-refractivity contribution >= 4 is 0 Å². The lowest BCUT2D eigenvalue weighted by atomic mass is 9.75. The molecule has 35 heavy (non-hydrogen) atoms. The molecule has 0 radical (unpaired) electrons. The number of benzene rings is 2. The van der Waals surface area contributed by atoms with Crippen molar-refractivity contribution in [3.05, 3.63) is 54.1 Å². The summed E-state index contributed by atoms with van der Waals surface area (Å²) in [6, 6.07) is 16.2. The van der Waals surface area contributed by atoms with E-state index in [1.807, 2.05) is 36.4 Å². The van der Waals surface area contributed by atoms with Gasteiger partial charge in [0.15, 0.2) is 6.29 Å². The largest absolute Gasteiger partial charge is 0.494 e. The van der Waals surface area contributed by atoms with Gasteiger partial charge in [-0.1, -0.05) is 70.0 Å². The van der Waals surface area contributed by atoms with Crippen molar-refractivity contribution in [3.8, 4) is 16.9 Å². The first-order valence-electron chi connectivity index (χ1n) is 13.3. The van der Waals surface area contributed by atoms with Gasteiger partial charge in [0.1, 0.15) is 12.5 Å². The molecule has 3 rings (SSSR count). The number of hydrogen-bond acceptors (Lipinski definition) is 5. The molecule has 4 atom stereocenters. The summed E-state index contributed by atoms with van der Waals surface area (Å²) in [7, 11) is 0. The standard InChI is InChI=1S/C30H44O5/c1-22(2)28-17-8-23(3)20-29(28)35-30(32)26-11-9-24(10-12-26)25-13-15-27(16-14-25)34-19-7-5-4-6-18-33-21-31/h9-16,22-23,28-32H,4-8,17-21H2,1-3H3. The average Bonchev–Trinajstić information content (AvgIpc) is 2.86. The summed E-state index contributed by atoms with van der Waals surface area (Å²) < 4.78 is 17.0. The molecule has 1 aliphatic rings. The van der Waals surface area contributed by atoms with Crippen LogP contribution in [-0.4, -0.2) is 36.3 Å². The summed E-state index contributed by atoms with van der Waals surface area (Å²) in [5, 5.41) is 19.4. The van der Waals surface area contributed by atoms with Crippen LogP contribution in [0.5, 0.6) is 5.75 Å². The van der Waals surface area contributed by atoms with Crippen molar-refractivity contribution in [1.82, 2.24) is 0 Å². The van der Waals surface area contributed by atoms with Crippen molar-refractivity contribution < 1.29 is 24.4 Å². The van der Waals surface area contributed by atoms with Gasteiger partial charge in [0.05, 0.1) is 12.7 Å². The molecule has 2 aromatic rings. The van der Waals surface area contributed by atoms with Gasteiger partial charge in [0.2, 0.25) is 0 Å². The zero-order chi connectivity index (χ0) is 25.0. The van der Waals surface area contributed by atoms with Crippen molar-refractivity contribution in [2.45, 2.75) is 78.1 Å². The summed E-state index contributed by atoms with van der Waals surface area (Å²) in [5.41, 5.74) is 3.02. The Morgan fingerprint density at radius 3 is 2.11 bits per heavy atom. The predicted octanol–water partition coefficient (Wildman–Crippen LogP) is 6.73. The van der Waals surface area contributed by atoms with E-state index in [2.05, 4.69) is 32.9 Å². The quantitative estimate of drug-likeness (QED) is 0.230. The number of hydrogen-bond donors (Lipinski definition) is 2. The molecule has 1 saturated carbocycles. The number of aliphatic hydroxyl groups excluding tert-OH is 2. The molecule has 0 aliphatic heterocycles. The van der Waals surface area contributed by atoms with Gasteiger partial charge in [-0.2, -0.15) is 0 Å². The number of rotatable bonds is 14. The van der Waals surface area contributed by atoms with E-state index in [0.29, 0.717) is 31.0 Å². The number of ether oxygens (including phenoxy) is 3. The first kappa shape index (κ1) is 27.7. The second-order valence-corrected chi connectivity index (χ2v) is 10.3. The molecule has 0 heterocycles. The molecule has 0 amide bonds. The van der Waals surface area contributed by atoms with Crippen LogP contribution in [0.2, 0.25) is 0 Å². The van der Waals surface area contributed by atoms with Crippen molar-refractivity contribution in [2.75, 3.05) is 20.0 Å². The first-order valence-corrected chi connectivity index (χ1v) is 13.3. The summed E-state index contributed by atoms with van der Waals surface area (Å²) in [5.74, 6) is 2.59. The zero-order valence-corrected chi connectivity index (χ0v) is 21.7. The van der Waals surface area contributed by atoms with Crippen LogP contribution in [0.15, 0.2) is 48.5 Å². The molecule has 5 nitrogen and oxygen atoms in total. The lowest BCUT2D eigenvalue weighted by Crippen LogP contribution is -2.35. The molecule has 5 heteroatoms. The SMILES string of the molecule is CC1CCC(C(C)C)C(OC(O)c2ccc(-c3ccc(OCCCCCCOCO)cc3)cc2)C1. The highest BCUT2D eigenvalue weighted by atomic mass is 16.6. The van der Waals surface area contributed by atoms with Crippen LogP contribution in [0, 0.1) is 17.8 Å². The number of unbranched alkanes of at least 4 members (excludes halogenated alkanes) is 3. The van der Waals surface area contributed by atoms with Gasteiger partial charge < -0.3 is 24.4 Å². The van der Waals surface area contributed by atoms with Crippen LogP contribution in [-0.2, 0) is 9.47 Å². The van der Waals surface area contributed by atoms with Gasteiger partial charge in [0.25, 0.3) is 0 Å². The van der Waals surface area contributed by atoms with E-state index in [1.54, 1.807) is 0 Å². The Morgan fingerprint density at radius 1 is 0.857 bits per heavy atom. The molecule has 0 spiro atoms. The third-order valence-corrected chi connectivity index (χ3v) is 7.19. The minimum atomic E-state index is -0.890. The first-order chi connectivity index (χ1) is 17.0. The highest BCUT2D eigenvalue weighted by Crippen LogP contribution is 2.37. The smallest absolute Gasteiger partial charge is 0.181 e. The lowest BCUT2D eigenvalue weighted by Gasteiger charge is -2.38. The van der Waals surface area contributed by atoms with E-state index in [4.69, 9.17) is 19.3 Å². The third-order valence-electron chi connectivity index (χ3n) is 7.19. The maximum atomic E-state index is 10.8. The van der Waals surface area contributed by atoms with Crippen molar-refractivity contribution in [1.29, 1.82) is 0 Å². The van der Waals surface area contributed by atoms with Crippen molar-refractivity contribution in [3.63, 3.8) is 0 Å². The summed E-state index contributed by atoms with van der Waals surface area (Å²) in [4.78, 5) is 0. The Hall–Kier alpha value is -1.92. The topological polar surface area (TPSA) is 68.2 Å². The van der Waals surface area contributed by atoms with Gasteiger partial charge in [-0.05, 0) is 73.1 Å². The van der Waals surface area contributed by atoms with Crippen LogP contribution in [0.1, 0.15) is 77.6 Å². The van der Waals surface area contributed by atoms with Gasteiger partial charge in [-0.3, -0.25) is 0 Å². The molecule has 1 aliphatic carbocycles. The maximum absolute atomic E-state index is 10.8. The highest BCUT2D eigenvalue weighted by molar-refractivity contribution is 5.64. The molecule has 0 aromatic heterocycles. The minimum Gasteiger partial charge on any atom is -0.494 e. The van der Waals surface area contributed by atoms with E-state index in [-0.39, 0.29) is 12.9 Å². The molecular formula is C30H44O5. The second kappa shape index (κ2) is 14.6.